The summed E-state index contributed by atoms with van der Waals surface area (Å²) in [5, 5.41) is 9.51. The first kappa shape index (κ1) is 23.8. The quantitative estimate of drug-likeness (QED) is 0.408. The number of H-pyrrole nitrogens is 1. The zero-order valence-corrected chi connectivity index (χ0v) is 20.8. The molecule has 0 amide bonds. The van der Waals surface area contributed by atoms with Crippen LogP contribution in [0.2, 0.25) is 0 Å². The van der Waals surface area contributed by atoms with E-state index in [9.17, 15) is 13.7 Å². The molecule has 0 bridgehead atoms. The molecule has 0 spiro atoms. The number of aromatic nitrogens is 2. The molecular weight excluding hydrogens is 470 g/mol. The van der Waals surface area contributed by atoms with Gasteiger partial charge in [-0.1, -0.05) is 42.5 Å². The fourth-order valence-corrected chi connectivity index (χ4v) is 6.43. The summed E-state index contributed by atoms with van der Waals surface area (Å²) in [5.74, 6) is 0. The smallest absolute Gasteiger partial charge is 0.243 e. The number of aromatic amines is 1. The van der Waals surface area contributed by atoms with Gasteiger partial charge in [-0.15, -0.1) is 0 Å². The van der Waals surface area contributed by atoms with E-state index in [1.807, 2.05) is 55.5 Å². The largest absolute Gasteiger partial charge is 0.364 e. The van der Waals surface area contributed by atoms with Gasteiger partial charge >= 0.3 is 0 Å². The third kappa shape index (κ3) is 4.76. The molecule has 1 N–H and O–H groups in total. The molecule has 0 saturated carbocycles. The van der Waals surface area contributed by atoms with Crippen LogP contribution in [0.3, 0.4) is 0 Å². The van der Waals surface area contributed by atoms with Crippen molar-refractivity contribution in [3.05, 3.63) is 113 Å². The molecule has 8 heteroatoms. The standard InChI is InChI=1S/C28H27N5O2S/c1-21-7-5-6-8-23(21)17-33(36(34,35)27-9-3-2-4-10-27)26-14-24-13-22(15-29)11-12-28(24)32(19-26)18-25-16-30-20-31-25/h2-13,16,20,26H,14,17-19H2,1H3,(H,30,31). The summed E-state index contributed by atoms with van der Waals surface area (Å²) in [7, 11) is -3.80. The van der Waals surface area contributed by atoms with Crippen LogP contribution in [-0.2, 0) is 29.5 Å². The van der Waals surface area contributed by atoms with Gasteiger partial charge in [-0.25, -0.2) is 13.4 Å². The van der Waals surface area contributed by atoms with Crippen LogP contribution in [-0.4, -0.2) is 35.3 Å². The van der Waals surface area contributed by atoms with Crippen molar-refractivity contribution >= 4 is 15.7 Å². The summed E-state index contributed by atoms with van der Waals surface area (Å²) < 4.78 is 29.7. The highest BCUT2D eigenvalue weighted by Gasteiger charge is 2.36. The molecule has 0 fully saturated rings. The van der Waals surface area contributed by atoms with Crippen molar-refractivity contribution in [2.24, 2.45) is 0 Å². The third-order valence-electron chi connectivity index (χ3n) is 6.70. The Morgan fingerprint density at radius 1 is 1.11 bits per heavy atom. The molecular formula is C28H27N5O2S. The molecule has 0 radical (unpaired) electrons. The number of rotatable bonds is 7. The molecule has 1 aromatic heterocycles. The number of nitrogens with zero attached hydrogens (tertiary/aromatic N) is 4. The first-order chi connectivity index (χ1) is 17.5. The second-order valence-corrected chi connectivity index (χ2v) is 11.0. The van der Waals surface area contributed by atoms with Gasteiger partial charge in [-0.3, -0.25) is 0 Å². The monoisotopic (exact) mass is 497 g/mol. The minimum Gasteiger partial charge on any atom is -0.364 e. The molecule has 1 aliphatic heterocycles. The number of fused-ring (bicyclic) bond motifs is 1. The number of hydrogen-bond acceptors (Lipinski definition) is 5. The van der Waals surface area contributed by atoms with Gasteiger partial charge in [-0.05, 0) is 60.4 Å². The fourth-order valence-electron chi connectivity index (χ4n) is 4.81. The molecule has 182 valence electrons. The summed E-state index contributed by atoms with van der Waals surface area (Å²) in [6.45, 7) is 3.33. The zero-order valence-electron chi connectivity index (χ0n) is 20.0. The predicted molar refractivity (Wildman–Crippen MR) is 139 cm³/mol. The Balaban J connectivity index is 1.59. The van der Waals surface area contributed by atoms with E-state index in [0.717, 1.165) is 28.1 Å². The van der Waals surface area contributed by atoms with Crippen LogP contribution in [0.5, 0.6) is 0 Å². The Morgan fingerprint density at radius 2 is 1.89 bits per heavy atom. The molecule has 36 heavy (non-hydrogen) atoms. The molecule has 7 nitrogen and oxygen atoms in total. The Hall–Kier alpha value is -3.93. The second-order valence-electron chi connectivity index (χ2n) is 9.06. The first-order valence-electron chi connectivity index (χ1n) is 11.8. The molecule has 1 aliphatic rings. The number of hydrogen-bond donors (Lipinski definition) is 1. The third-order valence-corrected chi connectivity index (χ3v) is 8.61. The van der Waals surface area contributed by atoms with E-state index < -0.39 is 10.0 Å². The summed E-state index contributed by atoms with van der Waals surface area (Å²) >= 11 is 0. The van der Waals surface area contributed by atoms with Crippen LogP contribution in [0.25, 0.3) is 0 Å². The zero-order chi connectivity index (χ0) is 25.1. The summed E-state index contributed by atoms with van der Waals surface area (Å²) in [4.78, 5) is 9.73. The van der Waals surface area contributed by atoms with Crippen LogP contribution in [0, 0.1) is 18.3 Å². The molecule has 1 atom stereocenters. The van der Waals surface area contributed by atoms with Crippen LogP contribution in [0.4, 0.5) is 5.69 Å². The summed E-state index contributed by atoms with van der Waals surface area (Å²) in [6.07, 6.45) is 3.93. The van der Waals surface area contributed by atoms with Crippen molar-refractivity contribution in [1.82, 2.24) is 14.3 Å². The van der Waals surface area contributed by atoms with Crippen LogP contribution in [0.1, 0.15) is 27.9 Å². The fraction of sp³-hybridized carbons (Fsp3) is 0.214. The van der Waals surface area contributed by atoms with Gasteiger partial charge in [0.1, 0.15) is 0 Å². The average molecular weight is 498 g/mol. The molecule has 5 rings (SSSR count). The Labute approximate surface area is 211 Å². The number of nitriles is 1. The number of benzene rings is 3. The molecule has 4 aromatic rings. The van der Waals surface area contributed by atoms with Crippen molar-refractivity contribution in [2.75, 3.05) is 11.4 Å². The molecule has 3 aromatic carbocycles. The number of sulfonamides is 1. The number of aryl methyl sites for hydroxylation is 1. The second kappa shape index (κ2) is 9.97. The molecule has 0 aliphatic carbocycles. The number of anilines is 1. The van der Waals surface area contributed by atoms with E-state index >= 15 is 0 Å². The molecule has 2 heterocycles. The minimum absolute atomic E-state index is 0.264. The Morgan fingerprint density at radius 3 is 2.61 bits per heavy atom. The lowest BCUT2D eigenvalue weighted by molar-refractivity contribution is 0.302. The maximum atomic E-state index is 14.0. The normalized spacial score (nSPS) is 15.5. The van der Waals surface area contributed by atoms with Crippen molar-refractivity contribution in [1.29, 1.82) is 5.26 Å². The minimum atomic E-state index is -3.80. The van der Waals surface area contributed by atoms with Gasteiger partial charge in [0.25, 0.3) is 0 Å². The average Bonchev–Trinajstić information content (AvgIpc) is 3.41. The van der Waals surface area contributed by atoms with Crippen molar-refractivity contribution in [2.45, 2.75) is 37.4 Å². The van der Waals surface area contributed by atoms with Crippen molar-refractivity contribution < 1.29 is 8.42 Å². The predicted octanol–water partition coefficient (Wildman–Crippen LogP) is 4.41. The summed E-state index contributed by atoms with van der Waals surface area (Å²) in [6, 6.07) is 24.0. The Kier molecular flexibility index (Phi) is 6.59. The SMILES string of the molecule is Cc1ccccc1CN(C1Cc2cc(C#N)ccc2N(Cc2cnc[nH]2)C1)S(=O)(=O)c1ccccc1. The van der Waals surface area contributed by atoms with E-state index in [1.165, 1.54) is 0 Å². The Bertz CT molecular complexity index is 1490. The maximum Gasteiger partial charge on any atom is 0.243 e. The molecule has 1 unspecified atom stereocenters. The molecule has 0 saturated heterocycles. The highest BCUT2D eigenvalue weighted by Crippen LogP contribution is 2.34. The van der Waals surface area contributed by atoms with E-state index in [-0.39, 0.29) is 17.5 Å². The topological polar surface area (TPSA) is 93.1 Å². The van der Waals surface area contributed by atoms with E-state index in [4.69, 9.17) is 0 Å². The highest BCUT2D eigenvalue weighted by molar-refractivity contribution is 7.89. The van der Waals surface area contributed by atoms with Gasteiger partial charge in [-0.2, -0.15) is 9.57 Å². The lowest BCUT2D eigenvalue weighted by Gasteiger charge is -2.41. The number of imidazole rings is 1. The van der Waals surface area contributed by atoms with Gasteiger partial charge in [0.05, 0.1) is 35.1 Å². The maximum absolute atomic E-state index is 14.0. The van der Waals surface area contributed by atoms with E-state index in [1.54, 1.807) is 41.1 Å². The lowest BCUT2D eigenvalue weighted by Crippen LogP contribution is -2.50. The first-order valence-corrected chi connectivity index (χ1v) is 13.3. The van der Waals surface area contributed by atoms with Gasteiger partial charge in [0.15, 0.2) is 0 Å². The lowest BCUT2D eigenvalue weighted by atomic mass is 9.95. The van der Waals surface area contributed by atoms with Crippen LogP contribution >= 0.6 is 0 Å². The van der Waals surface area contributed by atoms with Gasteiger partial charge in [0.2, 0.25) is 10.0 Å². The van der Waals surface area contributed by atoms with Gasteiger partial charge in [0, 0.05) is 31.0 Å². The van der Waals surface area contributed by atoms with Crippen LogP contribution < -0.4 is 4.90 Å². The highest BCUT2D eigenvalue weighted by atomic mass is 32.2. The van der Waals surface area contributed by atoms with E-state index in [2.05, 4.69) is 20.9 Å². The van der Waals surface area contributed by atoms with E-state index in [0.29, 0.717) is 25.1 Å². The summed E-state index contributed by atoms with van der Waals surface area (Å²) in [5.41, 5.74) is 5.47. The van der Waals surface area contributed by atoms with Crippen molar-refractivity contribution in [3.63, 3.8) is 0 Å². The van der Waals surface area contributed by atoms with Crippen LogP contribution in [0.15, 0.2) is 90.2 Å². The number of nitrogens with one attached hydrogen (secondary N) is 1. The van der Waals surface area contributed by atoms with Crippen molar-refractivity contribution in [3.8, 4) is 6.07 Å². The van der Waals surface area contributed by atoms with Gasteiger partial charge < -0.3 is 9.88 Å².